The van der Waals surface area contributed by atoms with Crippen molar-refractivity contribution >= 4 is 59.3 Å². The van der Waals surface area contributed by atoms with E-state index in [0.717, 1.165) is 30.4 Å². The molecule has 0 bridgehead atoms. The number of hydrogen-bond acceptors (Lipinski definition) is 15. The number of nitrogens with one attached hydrogen (secondary N) is 1. The van der Waals surface area contributed by atoms with Gasteiger partial charge in [0.2, 0.25) is 16.0 Å². The smallest absolute Gasteiger partial charge is 0.871 e. The van der Waals surface area contributed by atoms with Crippen LogP contribution in [-0.4, -0.2) is 75.4 Å². The molecule has 250 valence electrons. The molecule has 0 radical (unpaired) electrons. The molecule has 5 rings (SSSR count). The molecule has 0 fully saturated rings. The Balaban J connectivity index is 0.00000351. The van der Waals surface area contributed by atoms with Crippen LogP contribution in [0.5, 0.6) is 0 Å². The van der Waals surface area contributed by atoms with Crippen LogP contribution in [0, 0.1) is 15.5 Å². The second kappa shape index (κ2) is 16.4. The van der Waals surface area contributed by atoms with Gasteiger partial charge in [-0.05, 0) is 84.1 Å². The van der Waals surface area contributed by atoms with E-state index < -0.39 is 53.1 Å². The Bertz CT molecular complexity index is 2350. The second-order valence-corrected chi connectivity index (χ2v) is 12.8. The second-order valence-electron chi connectivity index (χ2n) is 9.97. The van der Waals surface area contributed by atoms with Crippen molar-refractivity contribution in [2.45, 2.75) is 0 Å². The topological polar surface area (TPSA) is 313 Å². The number of aliphatic imine (C=N–C) groups is 1. The van der Waals surface area contributed by atoms with Crippen molar-refractivity contribution in [3.63, 3.8) is 0 Å². The molecule has 0 spiro atoms. The van der Waals surface area contributed by atoms with Gasteiger partial charge in [0.1, 0.15) is 21.5 Å². The van der Waals surface area contributed by atoms with Crippen LogP contribution < -0.4 is 70.0 Å². The Labute approximate surface area is 333 Å². The fourth-order valence-corrected chi connectivity index (χ4v) is 5.42. The molecule has 51 heavy (non-hydrogen) atoms. The van der Waals surface area contributed by atoms with E-state index in [0.29, 0.717) is 0 Å². The van der Waals surface area contributed by atoms with E-state index in [2.05, 4.69) is 25.4 Å². The van der Waals surface area contributed by atoms with E-state index in [9.17, 15) is 46.6 Å². The number of rotatable bonds is 5. The van der Waals surface area contributed by atoms with Gasteiger partial charge in [-0.15, -0.1) is 10.2 Å². The summed E-state index contributed by atoms with van der Waals surface area (Å²) >= 11 is 0. The summed E-state index contributed by atoms with van der Waals surface area (Å²) in [6.45, 7) is 0. The summed E-state index contributed by atoms with van der Waals surface area (Å²) < 4.78 is 66.0. The Hall–Kier alpha value is -4.19. The Kier molecular flexibility index (Phi) is 13.3. The first-order chi connectivity index (χ1) is 23.0. The van der Waals surface area contributed by atoms with E-state index in [1.807, 2.05) is 0 Å². The van der Waals surface area contributed by atoms with Gasteiger partial charge in [-0.25, -0.2) is 17.6 Å². The SMILES string of the molecule is N=C1C=C(N)C(=NN=C2C=CC(=C(O)N=C3C=CC4=C([O-])C(=NN=C5C=CC(=S(=O)(O)O)C=C5)C(S(=O)(=O)[O-])=CC4=C3)C=C2)C=C1[N+](=O)[O-].[Na+].[Na+]. The van der Waals surface area contributed by atoms with E-state index >= 15 is 0 Å². The number of nitrogens with zero attached hydrogens (tertiary/aromatic N) is 6. The summed E-state index contributed by atoms with van der Waals surface area (Å²) in [5, 5.41) is 57.8. The van der Waals surface area contributed by atoms with Crippen molar-refractivity contribution in [1.29, 1.82) is 5.41 Å². The van der Waals surface area contributed by atoms with Crippen LogP contribution in [0.2, 0.25) is 0 Å². The third-order valence-electron chi connectivity index (χ3n) is 6.67. The number of hydrogen-bond donors (Lipinski definition) is 5. The van der Waals surface area contributed by atoms with Gasteiger partial charge in [0.15, 0.2) is 0 Å². The molecule has 6 N–H and O–H groups in total. The molecule has 0 saturated heterocycles. The average Bonchev–Trinajstić information content (AvgIpc) is 3.03. The predicted molar refractivity (Wildman–Crippen MR) is 179 cm³/mol. The quantitative estimate of drug-likeness (QED) is 0.0337. The van der Waals surface area contributed by atoms with Crippen LogP contribution in [-0.2, 0) is 20.2 Å². The van der Waals surface area contributed by atoms with E-state index in [1.165, 1.54) is 54.7 Å². The summed E-state index contributed by atoms with van der Waals surface area (Å²) in [6.07, 6.45) is 17.1. The number of fused-ring (bicyclic) bond motifs is 1. The van der Waals surface area contributed by atoms with Crippen LogP contribution >= 0.6 is 0 Å². The van der Waals surface area contributed by atoms with Crippen LogP contribution in [0.3, 0.4) is 0 Å². The number of nitro groups is 1. The number of aliphatic hydroxyl groups excluding tert-OH is 1. The van der Waals surface area contributed by atoms with Crippen molar-refractivity contribution in [3.8, 4) is 0 Å². The van der Waals surface area contributed by atoms with Gasteiger partial charge in [-0.2, -0.15) is 10.2 Å². The maximum atomic E-state index is 13.2. The number of aliphatic hydroxyl groups is 1. The van der Waals surface area contributed by atoms with Crippen LogP contribution in [0.4, 0.5) is 0 Å². The van der Waals surface area contributed by atoms with Gasteiger partial charge in [0.25, 0.3) is 5.70 Å². The van der Waals surface area contributed by atoms with Gasteiger partial charge in [0.05, 0.1) is 43.2 Å². The Morgan fingerprint density at radius 1 is 0.804 bits per heavy atom. The number of nitrogens with two attached hydrogens (primary N) is 1. The molecule has 0 unspecified atom stereocenters. The van der Waals surface area contributed by atoms with Crippen molar-refractivity contribution in [1.82, 2.24) is 0 Å². The molecule has 0 aromatic rings. The zero-order chi connectivity index (χ0) is 35.7. The molecule has 0 heterocycles. The van der Waals surface area contributed by atoms with E-state index in [1.54, 1.807) is 0 Å². The summed E-state index contributed by atoms with van der Waals surface area (Å²) in [5.74, 6) is -1.43. The standard InChI is InChI=1S/C29H22N8O10S2.2Na/c30-22-13-23(31)25(37(40)41)14-24(22)35-33-17-3-1-15(2-4-17)29(39)32-19-7-10-21-16(11-19)12-26(49(45,46)47)27(28(21)38)36-34-18-5-8-20(9-6-18)48(42,43)44;;/h1-14,31,38-39H,30H2,(H2,42,43,44)(H,45,46,47);;/q;2*+1/p-2. The molecule has 0 aromatic carbocycles. The Morgan fingerprint density at radius 2 is 1.37 bits per heavy atom. The first kappa shape index (κ1) is 41.2. The first-order valence-corrected chi connectivity index (χ1v) is 16.2. The molecular weight excluding hydrogens is 730 g/mol. The monoisotopic (exact) mass is 750 g/mol. The maximum absolute atomic E-state index is 13.2. The molecule has 5 aliphatic carbocycles. The van der Waals surface area contributed by atoms with Gasteiger partial charge >= 0.3 is 59.1 Å². The van der Waals surface area contributed by atoms with E-state index in [-0.39, 0.29) is 115 Å². The van der Waals surface area contributed by atoms with E-state index in [4.69, 9.17) is 11.1 Å². The molecule has 18 nitrogen and oxygen atoms in total. The number of allylic oxidation sites excluding steroid dienone is 18. The summed E-state index contributed by atoms with van der Waals surface area (Å²) in [5.41, 5.74) is 4.64. The zero-order valence-corrected chi connectivity index (χ0v) is 32.0. The molecule has 0 aromatic heterocycles. The predicted octanol–water partition coefficient (Wildman–Crippen LogP) is -4.96. The zero-order valence-electron chi connectivity index (χ0n) is 26.4. The maximum Gasteiger partial charge on any atom is 1.00 e. The van der Waals surface area contributed by atoms with Gasteiger partial charge < -0.3 is 20.5 Å². The van der Waals surface area contributed by atoms with Crippen LogP contribution in [0.25, 0.3) is 0 Å². The van der Waals surface area contributed by atoms with Gasteiger partial charge in [0, 0.05) is 11.6 Å². The summed E-state index contributed by atoms with van der Waals surface area (Å²) in [4.78, 5) is 13.1. The molecule has 5 aliphatic rings. The first-order valence-electron chi connectivity index (χ1n) is 13.3. The Morgan fingerprint density at radius 3 is 1.94 bits per heavy atom. The third-order valence-corrected chi connectivity index (χ3v) is 8.40. The molecule has 0 saturated carbocycles. The van der Waals surface area contributed by atoms with Gasteiger partial charge in [-0.3, -0.25) is 24.6 Å². The molecule has 22 heteroatoms. The molecule has 0 atom stereocenters. The van der Waals surface area contributed by atoms with Crippen molar-refractivity contribution in [2.75, 3.05) is 0 Å². The minimum atomic E-state index is -5.25. The van der Waals surface area contributed by atoms with Crippen molar-refractivity contribution < 1.29 is 101 Å². The minimum absolute atomic E-state index is 0. The third kappa shape index (κ3) is 9.78. The molecule has 0 aliphatic heterocycles. The van der Waals surface area contributed by atoms with Crippen molar-refractivity contribution in [3.05, 3.63) is 140 Å². The van der Waals surface area contributed by atoms with Gasteiger partial charge in [-0.1, -0.05) is 11.8 Å². The molecular formula is C29H20N8Na2O10S2. The minimum Gasteiger partial charge on any atom is -0.871 e. The fraction of sp³-hybridized carbons (Fsp3) is 0. The normalized spacial score (nSPS) is 20.8. The summed E-state index contributed by atoms with van der Waals surface area (Å²) in [6, 6.07) is 0. The fourth-order valence-electron chi connectivity index (χ4n) is 4.29. The summed E-state index contributed by atoms with van der Waals surface area (Å²) in [7, 11) is -9.49. The van der Waals surface area contributed by atoms with Crippen LogP contribution in [0.15, 0.2) is 155 Å². The largest absolute Gasteiger partial charge is 1.00 e. The van der Waals surface area contributed by atoms with Crippen molar-refractivity contribution in [2.24, 2.45) is 31.1 Å². The average molecular weight is 751 g/mol. The molecule has 0 amide bonds. The van der Waals surface area contributed by atoms with Crippen LogP contribution in [0.1, 0.15) is 0 Å².